The Hall–Kier alpha value is -1.10. The van der Waals surface area contributed by atoms with E-state index in [1.807, 2.05) is 0 Å². The average molecular weight is 245 g/mol. The lowest BCUT2D eigenvalue weighted by atomic mass is 10.2. The lowest BCUT2D eigenvalue weighted by Crippen LogP contribution is -2.19. The average Bonchev–Trinajstić information content (AvgIpc) is 2.17. The molecule has 0 saturated heterocycles. The van der Waals surface area contributed by atoms with E-state index in [0.29, 0.717) is 0 Å². The van der Waals surface area contributed by atoms with E-state index in [9.17, 15) is 13.0 Å². The number of halogens is 2. The third-order valence-electron chi connectivity index (χ3n) is 1.77. The Bertz CT molecular complexity index is 438. The van der Waals surface area contributed by atoms with E-state index in [1.54, 1.807) is 20.8 Å². The van der Waals surface area contributed by atoms with Crippen molar-refractivity contribution < 1.29 is 13.0 Å². The highest BCUT2D eigenvalue weighted by atomic mass is 32.2. The summed E-state index contributed by atoms with van der Waals surface area (Å²) in [6.45, 7) is 5.26. The van der Waals surface area contributed by atoms with Crippen molar-refractivity contribution >= 4 is 17.2 Å². The molecule has 1 rings (SSSR count). The standard InChI is InChI=1S/C11H13F2NOS/c1-11(2,3)16(15)14-7-8-6-9(12)4-5-10(8)13/h4-7H,1-3H3/b14-7+/t16-/m1/s1. The Labute approximate surface area is 96.0 Å². The first-order chi connectivity index (χ1) is 7.30. The third-order valence-corrected chi connectivity index (χ3v) is 3.11. The fourth-order valence-electron chi connectivity index (χ4n) is 0.876. The van der Waals surface area contributed by atoms with E-state index >= 15 is 0 Å². The molecule has 0 spiro atoms. The van der Waals surface area contributed by atoms with Gasteiger partial charge in [-0.15, -0.1) is 0 Å². The first-order valence-electron chi connectivity index (χ1n) is 4.72. The van der Waals surface area contributed by atoms with Crippen LogP contribution in [0, 0.1) is 11.6 Å². The van der Waals surface area contributed by atoms with Crippen LogP contribution in [0.5, 0.6) is 0 Å². The molecule has 0 radical (unpaired) electrons. The number of benzene rings is 1. The molecule has 2 nitrogen and oxygen atoms in total. The molecule has 0 bridgehead atoms. The van der Waals surface area contributed by atoms with Crippen molar-refractivity contribution in [2.75, 3.05) is 0 Å². The highest BCUT2D eigenvalue weighted by molar-refractivity contribution is 7.85. The Morgan fingerprint density at radius 3 is 2.50 bits per heavy atom. The quantitative estimate of drug-likeness (QED) is 0.737. The summed E-state index contributed by atoms with van der Waals surface area (Å²) in [5.74, 6) is -1.14. The molecular weight excluding hydrogens is 232 g/mol. The van der Waals surface area contributed by atoms with Crippen molar-refractivity contribution in [2.45, 2.75) is 25.5 Å². The summed E-state index contributed by atoms with van der Waals surface area (Å²) < 4.78 is 40.7. The van der Waals surface area contributed by atoms with Crippen LogP contribution in [0.2, 0.25) is 0 Å². The van der Waals surface area contributed by atoms with Crippen LogP contribution in [-0.2, 0) is 11.0 Å². The Kier molecular flexibility index (Phi) is 3.91. The zero-order chi connectivity index (χ0) is 12.3. The fourth-order valence-corrected chi connectivity index (χ4v) is 1.40. The first kappa shape index (κ1) is 13.0. The summed E-state index contributed by atoms with van der Waals surface area (Å²) in [5, 5.41) is 0. The topological polar surface area (TPSA) is 29.4 Å². The molecule has 0 fully saturated rings. The maximum absolute atomic E-state index is 13.2. The summed E-state index contributed by atoms with van der Waals surface area (Å²) in [5.41, 5.74) is -0.00222. The van der Waals surface area contributed by atoms with Gasteiger partial charge in [-0.25, -0.2) is 13.0 Å². The molecule has 0 aliphatic heterocycles. The second-order valence-corrected chi connectivity index (χ2v) is 6.20. The maximum atomic E-state index is 13.2. The Balaban J connectivity index is 2.93. The molecule has 0 amide bonds. The van der Waals surface area contributed by atoms with Crippen molar-refractivity contribution in [2.24, 2.45) is 4.40 Å². The molecule has 0 aromatic heterocycles. The minimum Gasteiger partial charge on any atom is -0.234 e. The van der Waals surface area contributed by atoms with Crippen LogP contribution in [0.25, 0.3) is 0 Å². The van der Waals surface area contributed by atoms with Crippen LogP contribution < -0.4 is 0 Å². The Morgan fingerprint density at radius 1 is 1.31 bits per heavy atom. The summed E-state index contributed by atoms with van der Waals surface area (Å²) in [6.07, 6.45) is 1.10. The van der Waals surface area contributed by atoms with E-state index in [1.165, 1.54) is 0 Å². The summed E-state index contributed by atoms with van der Waals surface area (Å²) in [4.78, 5) is 0. The molecule has 0 heterocycles. The van der Waals surface area contributed by atoms with E-state index in [0.717, 1.165) is 24.4 Å². The SMILES string of the molecule is CC(C)(C)[S@@](=O)/N=C/c1cc(F)ccc1F. The molecule has 1 aromatic rings. The first-order valence-corrected chi connectivity index (χ1v) is 5.82. The van der Waals surface area contributed by atoms with Gasteiger partial charge in [0.2, 0.25) is 0 Å². The van der Waals surface area contributed by atoms with Crippen molar-refractivity contribution in [1.82, 2.24) is 0 Å². The molecule has 88 valence electrons. The zero-order valence-corrected chi connectivity index (χ0v) is 10.1. The van der Waals surface area contributed by atoms with E-state index < -0.39 is 27.4 Å². The number of rotatable bonds is 2. The third kappa shape index (κ3) is 3.48. The van der Waals surface area contributed by atoms with Gasteiger partial charge in [0.25, 0.3) is 0 Å². The predicted octanol–water partition coefficient (Wildman–Crippen LogP) is 2.85. The van der Waals surface area contributed by atoms with E-state index in [-0.39, 0.29) is 5.56 Å². The number of nitrogens with zero attached hydrogens (tertiary/aromatic N) is 1. The van der Waals surface area contributed by atoms with Crippen LogP contribution in [0.3, 0.4) is 0 Å². The van der Waals surface area contributed by atoms with Gasteiger partial charge < -0.3 is 0 Å². The second kappa shape index (κ2) is 4.82. The van der Waals surface area contributed by atoms with Gasteiger partial charge in [-0.2, -0.15) is 4.40 Å². The van der Waals surface area contributed by atoms with Crippen LogP contribution in [0.4, 0.5) is 8.78 Å². The minimum absolute atomic E-state index is 0.00222. The van der Waals surface area contributed by atoms with Gasteiger partial charge in [0.15, 0.2) is 0 Å². The molecule has 0 aliphatic carbocycles. The lowest BCUT2D eigenvalue weighted by molar-refractivity contribution is 0.598. The van der Waals surface area contributed by atoms with Gasteiger partial charge in [-0.3, -0.25) is 0 Å². The van der Waals surface area contributed by atoms with Gasteiger partial charge in [0, 0.05) is 11.8 Å². The maximum Gasteiger partial charge on any atom is 0.144 e. The molecule has 0 aliphatic rings. The van der Waals surface area contributed by atoms with Crippen LogP contribution >= 0.6 is 0 Å². The predicted molar refractivity (Wildman–Crippen MR) is 61.8 cm³/mol. The van der Waals surface area contributed by atoms with Crippen LogP contribution in [0.1, 0.15) is 26.3 Å². The van der Waals surface area contributed by atoms with Crippen molar-refractivity contribution in [1.29, 1.82) is 0 Å². The van der Waals surface area contributed by atoms with Gasteiger partial charge in [0.1, 0.15) is 22.6 Å². The molecule has 1 aromatic carbocycles. The normalized spacial score (nSPS) is 14.3. The van der Waals surface area contributed by atoms with Crippen molar-refractivity contribution in [3.63, 3.8) is 0 Å². The highest BCUT2D eigenvalue weighted by Gasteiger charge is 2.18. The summed E-state index contributed by atoms with van der Waals surface area (Å²) in [6, 6.07) is 3.04. The lowest BCUT2D eigenvalue weighted by Gasteiger charge is -2.12. The molecular formula is C11H13F2NOS. The van der Waals surface area contributed by atoms with Gasteiger partial charge in [-0.05, 0) is 39.0 Å². The van der Waals surface area contributed by atoms with Crippen molar-refractivity contribution in [3.8, 4) is 0 Å². The number of hydrogen-bond donors (Lipinski definition) is 0. The highest BCUT2D eigenvalue weighted by Crippen LogP contribution is 2.13. The fraction of sp³-hybridized carbons (Fsp3) is 0.364. The largest absolute Gasteiger partial charge is 0.234 e. The summed E-state index contributed by atoms with van der Waals surface area (Å²) in [7, 11) is -1.47. The smallest absolute Gasteiger partial charge is 0.144 e. The summed E-state index contributed by atoms with van der Waals surface area (Å²) >= 11 is 0. The van der Waals surface area contributed by atoms with Crippen LogP contribution in [-0.4, -0.2) is 15.2 Å². The molecule has 16 heavy (non-hydrogen) atoms. The molecule has 1 atom stereocenters. The van der Waals surface area contributed by atoms with E-state index in [2.05, 4.69) is 4.40 Å². The van der Waals surface area contributed by atoms with Gasteiger partial charge >= 0.3 is 0 Å². The van der Waals surface area contributed by atoms with Gasteiger partial charge in [-0.1, -0.05) is 0 Å². The second-order valence-electron chi connectivity index (χ2n) is 4.26. The monoisotopic (exact) mass is 245 g/mol. The van der Waals surface area contributed by atoms with Crippen LogP contribution in [0.15, 0.2) is 22.6 Å². The minimum atomic E-state index is -1.47. The zero-order valence-electron chi connectivity index (χ0n) is 9.33. The molecule has 0 N–H and O–H groups in total. The Morgan fingerprint density at radius 2 is 1.94 bits per heavy atom. The molecule has 5 heteroatoms. The molecule has 0 saturated carbocycles. The van der Waals surface area contributed by atoms with Crippen molar-refractivity contribution in [3.05, 3.63) is 35.4 Å². The molecule has 0 unspecified atom stereocenters. The van der Waals surface area contributed by atoms with Gasteiger partial charge in [0.05, 0.1) is 4.75 Å². The number of hydrogen-bond acceptors (Lipinski definition) is 1. The van der Waals surface area contributed by atoms with E-state index in [4.69, 9.17) is 0 Å².